The molecule has 0 spiro atoms. The maximum atomic E-state index is 11.0. The molecule has 0 aliphatic carbocycles. The Bertz CT molecular complexity index is 716. The van der Waals surface area contributed by atoms with E-state index in [9.17, 15) is 4.79 Å². The van der Waals surface area contributed by atoms with E-state index in [1.807, 2.05) is 35.7 Å². The van der Waals surface area contributed by atoms with Crippen molar-refractivity contribution in [3.8, 4) is 22.0 Å². The molecule has 0 aliphatic heterocycles. The van der Waals surface area contributed by atoms with E-state index in [1.54, 1.807) is 6.07 Å². The van der Waals surface area contributed by atoms with E-state index in [0.29, 0.717) is 17.0 Å². The largest absolute Gasteiger partial charge is 0.462 e. The van der Waals surface area contributed by atoms with Crippen LogP contribution in [0.2, 0.25) is 0 Å². The predicted octanol–water partition coefficient (Wildman–Crippen LogP) is 3.17. The van der Waals surface area contributed by atoms with Gasteiger partial charge in [-0.15, -0.1) is 11.3 Å². The van der Waals surface area contributed by atoms with Crippen LogP contribution in [0, 0.1) is 0 Å². The van der Waals surface area contributed by atoms with E-state index >= 15 is 0 Å². The van der Waals surface area contributed by atoms with Gasteiger partial charge in [0.05, 0.1) is 5.56 Å². The Morgan fingerprint density at radius 1 is 1.26 bits per heavy atom. The zero-order chi connectivity index (χ0) is 13.2. The van der Waals surface area contributed by atoms with Crippen LogP contribution in [0.15, 0.2) is 52.5 Å². The molecular weight excluding hydrogens is 260 g/mol. The smallest absolute Gasteiger partial charge is 0.251 e. The Morgan fingerprint density at radius 3 is 2.74 bits per heavy atom. The summed E-state index contributed by atoms with van der Waals surface area (Å²) in [6, 6.07) is 11.5. The topological polar surface area (TPSA) is 69.1 Å². The molecule has 1 amide bonds. The van der Waals surface area contributed by atoms with Crippen molar-refractivity contribution in [2.45, 2.75) is 0 Å². The molecule has 2 N–H and O–H groups in total. The van der Waals surface area contributed by atoms with Gasteiger partial charge < -0.3 is 10.2 Å². The third kappa shape index (κ3) is 2.28. The molecule has 0 saturated carbocycles. The molecule has 0 fully saturated rings. The number of carbonyl (C=O) groups is 1. The Morgan fingerprint density at radius 2 is 2.05 bits per heavy atom. The fourth-order valence-electron chi connectivity index (χ4n) is 1.70. The van der Waals surface area contributed by atoms with Crippen molar-refractivity contribution in [2.75, 3.05) is 0 Å². The van der Waals surface area contributed by atoms with Gasteiger partial charge in [-0.3, -0.25) is 4.79 Å². The molecule has 0 radical (unpaired) electrons. The summed E-state index contributed by atoms with van der Waals surface area (Å²) < 4.78 is 5.30. The number of rotatable bonds is 3. The van der Waals surface area contributed by atoms with Gasteiger partial charge in [0.1, 0.15) is 17.0 Å². The first-order chi connectivity index (χ1) is 9.24. The zero-order valence-electron chi connectivity index (χ0n) is 9.87. The van der Waals surface area contributed by atoms with Crippen LogP contribution in [0.25, 0.3) is 22.0 Å². The number of nitrogens with two attached hydrogens (primary N) is 1. The molecule has 5 heteroatoms. The van der Waals surface area contributed by atoms with Crippen molar-refractivity contribution in [3.63, 3.8) is 0 Å². The van der Waals surface area contributed by atoms with E-state index < -0.39 is 5.91 Å². The highest BCUT2D eigenvalue weighted by atomic mass is 32.1. The van der Waals surface area contributed by atoms with E-state index in [0.717, 1.165) is 10.6 Å². The number of hydrogen-bond donors (Lipinski definition) is 1. The normalized spacial score (nSPS) is 10.5. The lowest BCUT2D eigenvalue weighted by atomic mass is 10.2. The van der Waals surface area contributed by atoms with Gasteiger partial charge in [0.2, 0.25) is 0 Å². The number of benzene rings is 1. The number of furan rings is 1. The molecule has 3 aromatic rings. The van der Waals surface area contributed by atoms with Gasteiger partial charge in [0, 0.05) is 10.9 Å². The molecule has 0 aliphatic rings. The van der Waals surface area contributed by atoms with Gasteiger partial charge in [-0.25, -0.2) is 4.98 Å². The van der Waals surface area contributed by atoms with E-state index in [1.165, 1.54) is 17.6 Å². The molecule has 3 rings (SSSR count). The van der Waals surface area contributed by atoms with Gasteiger partial charge in [-0.1, -0.05) is 30.3 Å². The third-order valence-corrected chi connectivity index (χ3v) is 3.55. The summed E-state index contributed by atoms with van der Waals surface area (Å²) in [6.07, 6.45) is 1.35. The minimum atomic E-state index is -0.506. The fraction of sp³-hybridized carbons (Fsp3) is 0. The summed E-state index contributed by atoms with van der Waals surface area (Å²) in [5.41, 5.74) is 7.30. The van der Waals surface area contributed by atoms with Gasteiger partial charge in [0.15, 0.2) is 5.76 Å². The van der Waals surface area contributed by atoms with Crippen LogP contribution in [-0.2, 0) is 0 Å². The lowest BCUT2D eigenvalue weighted by molar-refractivity contribution is 0.0999. The van der Waals surface area contributed by atoms with Gasteiger partial charge >= 0.3 is 0 Å². The lowest BCUT2D eigenvalue weighted by Crippen LogP contribution is -2.09. The van der Waals surface area contributed by atoms with Crippen molar-refractivity contribution in [1.82, 2.24) is 4.98 Å². The van der Waals surface area contributed by atoms with Crippen LogP contribution in [0.3, 0.4) is 0 Å². The second kappa shape index (κ2) is 4.70. The monoisotopic (exact) mass is 270 g/mol. The van der Waals surface area contributed by atoms with Crippen LogP contribution >= 0.6 is 11.3 Å². The molecule has 0 bridgehead atoms. The average Bonchev–Trinajstić information content (AvgIpc) is 3.09. The highest BCUT2D eigenvalue weighted by Gasteiger charge is 2.12. The van der Waals surface area contributed by atoms with Crippen LogP contribution in [0.5, 0.6) is 0 Å². The molecule has 94 valence electrons. The summed E-state index contributed by atoms with van der Waals surface area (Å²) in [6.45, 7) is 0. The second-order valence-electron chi connectivity index (χ2n) is 3.97. The maximum Gasteiger partial charge on any atom is 0.251 e. The zero-order valence-corrected chi connectivity index (χ0v) is 10.7. The summed E-state index contributed by atoms with van der Waals surface area (Å²) in [5, 5.41) is 2.80. The first-order valence-corrected chi connectivity index (χ1v) is 6.51. The molecule has 0 saturated heterocycles. The third-order valence-electron chi connectivity index (χ3n) is 2.66. The van der Waals surface area contributed by atoms with Crippen LogP contribution in [0.4, 0.5) is 0 Å². The van der Waals surface area contributed by atoms with E-state index in [2.05, 4.69) is 4.98 Å². The van der Waals surface area contributed by atoms with Crippen LogP contribution in [-0.4, -0.2) is 10.9 Å². The molecule has 0 atom stereocenters. The summed E-state index contributed by atoms with van der Waals surface area (Å²) in [5.74, 6) is 0.0424. The Kier molecular flexibility index (Phi) is 2.89. The number of carbonyl (C=O) groups excluding carboxylic acids is 1. The molecular formula is C14H10N2O2S. The van der Waals surface area contributed by atoms with E-state index in [-0.39, 0.29) is 0 Å². The van der Waals surface area contributed by atoms with Crippen LogP contribution in [0.1, 0.15) is 10.4 Å². The fourth-order valence-corrected chi connectivity index (χ4v) is 2.52. The first-order valence-electron chi connectivity index (χ1n) is 5.64. The average molecular weight is 270 g/mol. The molecule has 19 heavy (non-hydrogen) atoms. The van der Waals surface area contributed by atoms with E-state index in [4.69, 9.17) is 10.2 Å². The maximum absolute atomic E-state index is 11.0. The standard InChI is InChI=1S/C14H10N2O2S/c15-13(17)10-6-12(18-7-10)11-8-19-14(16-11)9-4-2-1-3-5-9/h1-8H,(H2,15,17). The number of thiazole rings is 1. The summed E-state index contributed by atoms with van der Waals surface area (Å²) in [7, 11) is 0. The van der Waals surface area contributed by atoms with Crippen molar-refractivity contribution in [1.29, 1.82) is 0 Å². The van der Waals surface area contributed by atoms with Crippen molar-refractivity contribution < 1.29 is 9.21 Å². The number of primary amides is 1. The predicted molar refractivity (Wildman–Crippen MR) is 73.8 cm³/mol. The quantitative estimate of drug-likeness (QED) is 0.794. The minimum Gasteiger partial charge on any atom is -0.462 e. The molecule has 4 nitrogen and oxygen atoms in total. The highest BCUT2D eigenvalue weighted by molar-refractivity contribution is 7.13. The molecule has 2 heterocycles. The van der Waals surface area contributed by atoms with Crippen molar-refractivity contribution in [3.05, 3.63) is 53.6 Å². The lowest BCUT2D eigenvalue weighted by Gasteiger charge is -1.93. The summed E-state index contributed by atoms with van der Waals surface area (Å²) >= 11 is 1.53. The second-order valence-corrected chi connectivity index (χ2v) is 4.83. The Balaban J connectivity index is 1.94. The molecule has 0 unspecified atom stereocenters. The van der Waals surface area contributed by atoms with Crippen LogP contribution < -0.4 is 5.73 Å². The highest BCUT2D eigenvalue weighted by Crippen LogP contribution is 2.29. The van der Waals surface area contributed by atoms with Crippen molar-refractivity contribution >= 4 is 17.2 Å². The number of amides is 1. The molecule has 2 aromatic heterocycles. The van der Waals surface area contributed by atoms with Crippen molar-refractivity contribution in [2.24, 2.45) is 5.73 Å². The van der Waals surface area contributed by atoms with Gasteiger partial charge in [-0.05, 0) is 6.07 Å². The minimum absolute atomic E-state index is 0.351. The Labute approximate surface area is 113 Å². The number of aromatic nitrogens is 1. The number of hydrogen-bond acceptors (Lipinski definition) is 4. The van der Waals surface area contributed by atoms with Gasteiger partial charge in [0.25, 0.3) is 5.91 Å². The van der Waals surface area contributed by atoms with Gasteiger partial charge in [-0.2, -0.15) is 0 Å². The molecule has 1 aromatic carbocycles. The summed E-state index contributed by atoms with van der Waals surface area (Å²) in [4.78, 5) is 15.5. The SMILES string of the molecule is NC(=O)c1coc(-c2csc(-c3ccccc3)n2)c1. The number of nitrogens with zero attached hydrogens (tertiary/aromatic N) is 1. The first kappa shape index (κ1) is 11.7. The Hall–Kier alpha value is -2.40.